The van der Waals surface area contributed by atoms with Gasteiger partial charge >= 0.3 is 0 Å². The highest BCUT2D eigenvalue weighted by atomic mass is 32.2. The fraction of sp³-hybridized carbons (Fsp3) is 0.462. The molecule has 3 nitrogen and oxygen atoms in total. The van der Waals surface area contributed by atoms with Gasteiger partial charge in [-0.1, -0.05) is 12.1 Å². The first-order valence-corrected chi connectivity index (χ1v) is 6.90. The van der Waals surface area contributed by atoms with E-state index in [0.29, 0.717) is 6.42 Å². The van der Waals surface area contributed by atoms with Crippen LogP contribution in [-0.2, 0) is 11.3 Å². The zero-order valence-corrected chi connectivity index (χ0v) is 11.4. The van der Waals surface area contributed by atoms with Crippen LogP contribution in [0.2, 0.25) is 0 Å². The molecule has 4 heteroatoms. The third-order valence-electron chi connectivity index (χ3n) is 2.59. The number of nitrogens with two attached hydrogens (primary N) is 1. The highest BCUT2D eigenvalue weighted by Crippen LogP contribution is 2.21. The molecule has 0 saturated heterocycles. The Kier molecular flexibility index (Phi) is 5.51. The van der Waals surface area contributed by atoms with Gasteiger partial charge < -0.3 is 11.1 Å². The SMILES string of the molecule is CSc1cc(C)ccc1CN[C@@H](C)CC(N)=O. The summed E-state index contributed by atoms with van der Waals surface area (Å²) < 4.78 is 0. The Balaban J connectivity index is 2.59. The van der Waals surface area contributed by atoms with Crippen LogP contribution in [0.5, 0.6) is 0 Å². The van der Waals surface area contributed by atoms with Crippen molar-refractivity contribution in [3.63, 3.8) is 0 Å². The van der Waals surface area contributed by atoms with Crippen molar-refractivity contribution in [3.8, 4) is 0 Å². The normalized spacial score (nSPS) is 12.4. The highest BCUT2D eigenvalue weighted by molar-refractivity contribution is 7.98. The number of hydrogen-bond donors (Lipinski definition) is 2. The maximum atomic E-state index is 10.8. The Morgan fingerprint density at radius 2 is 2.24 bits per heavy atom. The topological polar surface area (TPSA) is 55.1 Å². The van der Waals surface area contributed by atoms with Crippen molar-refractivity contribution < 1.29 is 4.79 Å². The van der Waals surface area contributed by atoms with Gasteiger partial charge in [-0.05, 0) is 37.3 Å². The van der Waals surface area contributed by atoms with Crippen molar-refractivity contribution in [1.29, 1.82) is 0 Å². The number of amides is 1. The maximum absolute atomic E-state index is 10.8. The molecule has 0 unspecified atom stereocenters. The Morgan fingerprint density at radius 3 is 2.82 bits per heavy atom. The molecule has 0 aliphatic heterocycles. The summed E-state index contributed by atoms with van der Waals surface area (Å²) in [6, 6.07) is 6.53. The van der Waals surface area contributed by atoms with Crippen molar-refractivity contribution in [3.05, 3.63) is 29.3 Å². The molecular weight excluding hydrogens is 232 g/mol. The van der Waals surface area contributed by atoms with E-state index in [9.17, 15) is 4.79 Å². The van der Waals surface area contributed by atoms with E-state index in [1.807, 2.05) is 6.92 Å². The van der Waals surface area contributed by atoms with Crippen LogP contribution >= 0.6 is 11.8 Å². The van der Waals surface area contributed by atoms with E-state index in [0.717, 1.165) is 6.54 Å². The van der Waals surface area contributed by atoms with Gasteiger partial charge in [-0.25, -0.2) is 0 Å². The van der Waals surface area contributed by atoms with Crippen LogP contribution in [0.25, 0.3) is 0 Å². The lowest BCUT2D eigenvalue weighted by Crippen LogP contribution is -2.30. The second-order valence-corrected chi connectivity index (χ2v) is 5.12. The number of benzene rings is 1. The largest absolute Gasteiger partial charge is 0.370 e. The summed E-state index contributed by atoms with van der Waals surface area (Å²) >= 11 is 1.74. The molecular formula is C13H20N2OS. The van der Waals surface area contributed by atoms with Crippen molar-refractivity contribution in [2.45, 2.75) is 37.8 Å². The monoisotopic (exact) mass is 252 g/mol. The molecule has 1 rings (SSSR count). The summed E-state index contributed by atoms with van der Waals surface area (Å²) in [5.41, 5.74) is 7.69. The lowest BCUT2D eigenvalue weighted by atomic mass is 10.1. The van der Waals surface area contributed by atoms with Gasteiger partial charge in [0.1, 0.15) is 0 Å². The molecule has 1 atom stereocenters. The third-order valence-corrected chi connectivity index (χ3v) is 3.41. The van der Waals surface area contributed by atoms with Crippen molar-refractivity contribution in [1.82, 2.24) is 5.32 Å². The molecule has 0 heterocycles. The van der Waals surface area contributed by atoms with Crippen LogP contribution in [0.3, 0.4) is 0 Å². The Morgan fingerprint density at radius 1 is 1.53 bits per heavy atom. The smallest absolute Gasteiger partial charge is 0.218 e. The van der Waals surface area contributed by atoms with Crippen molar-refractivity contribution >= 4 is 17.7 Å². The molecule has 0 saturated carbocycles. The van der Waals surface area contributed by atoms with E-state index in [1.165, 1.54) is 16.0 Å². The standard InChI is InChI=1S/C13H20N2OS/c1-9-4-5-11(12(6-9)17-3)8-15-10(2)7-13(14)16/h4-6,10,15H,7-8H2,1-3H3,(H2,14,16)/t10-/m0/s1. The first kappa shape index (κ1) is 14.1. The third kappa shape index (κ3) is 4.79. The molecule has 1 aromatic carbocycles. The predicted molar refractivity (Wildman–Crippen MR) is 73.1 cm³/mol. The summed E-state index contributed by atoms with van der Waals surface area (Å²) in [7, 11) is 0. The van der Waals surface area contributed by atoms with Gasteiger partial charge in [-0.15, -0.1) is 11.8 Å². The predicted octanol–water partition coefficient (Wildman–Crippen LogP) is 2.07. The summed E-state index contributed by atoms with van der Waals surface area (Å²) in [4.78, 5) is 12.0. The first-order chi connectivity index (χ1) is 8.02. The van der Waals surface area contributed by atoms with Gasteiger partial charge in [0.2, 0.25) is 5.91 Å². The van der Waals surface area contributed by atoms with Crippen molar-refractivity contribution in [2.24, 2.45) is 5.73 Å². The molecule has 1 aromatic rings. The fourth-order valence-electron chi connectivity index (χ4n) is 1.66. The molecule has 0 aliphatic rings. The molecule has 0 spiro atoms. The number of carbonyl (C=O) groups excluding carboxylic acids is 1. The molecule has 3 N–H and O–H groups in total. The average Bonchev–Trinajstić information content (AvgIpc) is 2.26. The van der Waals surface area contributed by atoms with Crippen LogP contribution in [0.15, 0.2) is 23.1 Å². The summed E-state index contributed by atoms with van der Waals surface area (Å²) in [6.07, 6.45) is 2.45. The number of thioether (sulfide) groups is 1. The second-order valence-electron chi connectivity index (χ2n) is 4.27. The zero-order valence-electron chi connectivity index (χ0n) is 10.6. The fourth-order valence-corrected chi connectivity index (χ4v) is 2.36. The first-order valence-electron chi connectivity index (χ1n) is 5.68. The molecule has 1 amide bonds. The van der Waals surface area contributed by atoms with Crippen LogP contribution in [-0.4, -0.2) is 18.2 Å². The van der Waals surface area contributed by atoms with Crippen LogP contribution in [0.4, 0.5) is 0 Å². The second kappa shape index (κ2) is 6.67. The van der Waals surface area contributed by atoms with Crippen LogP contribution in [0, 0.1) is 6.92 Å². The van der Waals surface area contributed by atoms with E-state index in [4.69, 9.17) is 5.73 Å². The van der Waals surface area contributed by atoms with Gasteiger partial charge in [-0.3, -0.25) is 4.79 Å². The summed E-state index contributed by atoms with van der Waals surface area (Å²) in [5, 5.41) is 3.31. The van der Waals surface area contributed by atoms with Gasteiger partial charge in [0.05, 0.1) is 0 Å². The zero-order chi connectivity index (χ0) is 12.8. The molecule has 0 aliphatic carbocycles. The van der Waals surface area contributed by atoms with Gasteiger partial charge in [-0.2, -0.15) is 0 Å². The molecule has 0 bridgehead atoms. The van der Waals surface area contributed by atoms with Crippen LogP contribution < -0.4 is 11.1 Å². The molecule has 0 radical (unpaired) electrons. The van der Waals surface area contributed by atoms with Crippen molar-refractivity contribution in [2.75, 3.05) is 6.26 Å². The number of primary amides is 1. The lowest BCUT2D eigenvalue weighted by Gasteiger charge is -2.14. The minimum atomic E-state index is -0.265. The van der Waals surface area contributed by atoms with E-state index in [2.05, 4.69) is 36.7 Å². The quantitative estimate of drug-likeness (QED) is 0.762. The Bertz CT molecular complexity index is 393. The molecule has 94 valence electrons. The van der Waals surface area contributed by atoms with Gasteiger partial charge in [0.15, 0.2) is 0 Å². The Labute approximate surface area is 107 Å². The number of hydrogen-bond acceptors (Lipinski definition) is 3. The Hall–Kier alpha value is -1.00. The average molecular weight is 252 g/mol. The van der Waals surface area contributed by atoms with E-state index < -0.39 is 0 Å². The van der Waals surface area contributed by atoms with Crippen LogP contribution in [0.1, 0.15) is 24.5 Å². The van der Waals surface area contributed by atoms with E-state index >= 15 is 0 Å². The van der Waals surface area contributed by atoms with E-state index in [-0.39, 0.29) is 11.9 Å². The minimum Gasteiger partial charge on any atom is -0.370 e. The molecule has 17 heavy (non-hydrogen) atoms. The molecule has 0 fully saturated rings. The van der Waals surface area contributed by atoms with Gasteiger partial charge in [0.25, 0.3) is 0 Å². The maximum Gasteiger partial charge on any atom is 0.218 e. The number of nitrogens with one attached hydrogen (secondary N) is 1. The number of aryl methyl sites for hydroxylation is 1. The summed E-state index contributed by atoms with van der Waals surface area (Å²) in [6.45, 7) is 4.83. The number of carbonyl (C=O) groups is 1. The minimum absolute atomic E-state index is 0.114. The lowest BCUT2D eigenvalue weighted by molar-refractivity contribution is -0.118. The number of rotatable bonds is 6. The highest BCUT2D eigenvalue weighted by Gasteiger charge is 2.07. The summed E-state index contributed by atoms with van der Waals surface area (Å²) in [5.74, 6) is -0.265. The molecule has 0 aromatic heterocycles. The van der Waals surface area contributed by atoms with E-state index in [1.54, 1.807) is 11.8 Å². The van der Waals surface area contributed by atoms with Gasteiger partial charge in [0, 0.05) is 23.9 Å².